The summed E-state index contributed by atoms with van der Waals surface area (Å²) in [5.41, 5.74) is 7.19. The van der Waals surface area contributed by atoms with E-state index >= 15 is 0 Å². The Hall–Kier alpha value is -1.42. The average molecular weight is 293 g/mol. The molecular formula is C14H19N3O2S. The van der Waals surface area contributed by atoms with Crippen LogP contribution in [0.4, 0.5) is 5.00 Å². The molecule has 1 aliphatic carbocycles. The third kappa shape index (κ3) is 2.85. The lowest BCUT2D eigenvalue weighted by Gasteiger charge is -2.17. The van der Waals surface area contributed by atoms with Crippen molar-refractivity contribution in [3.63, 3.8) is 0 Å². The zero-order valence-electron chi connectivity index (χ0n) is 11.7. The van der Waals surface area contributed by atoms with Crippen molar-refractivity contribution in [2.24, 2.45) is 11.7 Å². The number of carbonyl (C=O) groups excluding carboxylic acids is 1. The lowest BCUT2D eigenvalue weighted by Crippen LogP contribution is -2.35. The lowest BCUT2D eigenvalue weighted by atomic mass is 9.88. The first kappa shape index (κ1) is 15.0. The Morgan fingerprint density at radius 3 is 3.05 bits per heavy atom. The number of anilines is 1. The molecule has 0 radical (unpaired) electrons. The van der Waals surface area contributed by atoms with Gasteiger partial charge in [0.25, 0.3) is 5.91 Å². The first-order valence-corrected chi connectivity index (χ1v) is 7.50. The molecule has 0 fully saturated rings. The fraction of sp³-hybridized carbons (Fsp3) is 0.571. The number of nitrogens with zero attached hydrogens (tertiary/aromatic N) is 1. The van der Waals surface area contributed by atoms with Crippen LogP contribution in [0.5, 0.6) is 0 Å². The van der Waals surface area contributed by atoms with E-state index in [9.17, 15) is 10.1 Å². The van der Waals surface area contributed by atoms with Gasteiger partial charge in [-0.1, -0.05) is 6.92 Å². The number of thiophene rings is 1. The summed E-state index contributed by atoms with van der Waals surface area (Å²) in [6.45, 7) is 2.33. The molecular weight excluding hydrogens is 274 g/mol. The fourth-order valence-corrected chi connectivity index (χ4v) is 3.82. The summed E-state index contributed by atoms with van der Waals surface area (Å²) in [5, 5.41) is 12.8. The van der Waals surface area contributed by atoms with Gasteiger partial charge in [0.05, 0.1) is 5.56 Å². The summed E-state index contributed by atoms with van der Waals surface area (Å²) in [5.74, 6) is 0.338. The van der Waals surface area contributed by atoms with Gasteiger partial charge in [0.1, 0.15) is 17.2 Å². The van der Waals surface area contributed by atoms with Gasteiger partial charge in [0.15, 0.2) is 0 Å². The van der Waals surface area contributed by atoms with Crippen LogP contribution in [0.15, 0.2) is 0 Å². The second-order valence-corrected chi connectivity index (χ2v) is 6.22. The molecule has 0 saturated carbocycles. The molecule has 3 N–H and O–H groups in total. The quantitative estimate of drug-likeness (QED) is 0.883. The Morgan fingerprint density at radius 1 is 1.70 bits per heavy atom. The Kier molecular flexibility index (Phi) is 4.76. The van der Waals surface area contributed by atoms with Gasteiger partial charge in [0.2, 0.25) is 0 Å². The van der Waals surface area contributed by atoms with Crippen LogP contribution in [0, 0.1) is 17.2 Å². The summed E-state index contributed by atoms with van der Waals surface area (Å²) in [4.78, 5) is 13.2. The first-order valence-electron chi connectivity index (χ1n) is 6.69. The van der Waals surface area contributed by atoms with Crippen molar-refractivity contribution in [1.29, 1.82) is 5.26 Å². The van der Waals surface area contributed by atoms with Gasteiger partial charge < -0.3 is 15.8 Å². The van der Waals surface area contributed by atoms with E-state index in [1.807, 2.05) is 0 Å². The van der Waals surface area contributed by atoms with Gasteiger partial charge in [-0.2, -0.15) is 5.26 Å². The number of methoxy groups -OCH3 is 1. The van der Waals surface area contributed by atoms with Crippen LogP contribution in [0.1, 0.15) is 29.3 Å². The third-order valence-corrected chi connectivity index (χ3v) is 4.82. The molecule has 1 aromatic heterocycles. The third-order valence-electron chi connectivity index (χ3n) is 3.65. The Bertz CT molecular complexity index is 543. The van der Waals surface area contributed by atoms with Crippen molar-refractivity contribution in [1.82, 2.24) is 0 Å². The maximum absolute atomic E-state index is 12.0. The van der Waals surface area contributed by atoms with Crippen molar-refractivity contribution in [2.45, 2.75) is 32.3 Å². The van der Waals surface area contributed by atoms with E-state index in [2.05, 4.69) is 18.3 Å². The number of rotatable bonds is 4. The van der Waals surface area contributed by atoms with Crippen LogP contribution in [-0.4, -0.2) is 25.7 Å². The van der Waals surface area contributed by atoms with E-state index in [0.717, 1.165) is 24.8 Å². The number of nitrogens with one attached hydrogen (secondary N) is 1. The molecule has 0 aromatic carbocycles. The topological polar surface area (TPSA) is 88.1 Å². The minimum atomic E-state index is -0.681. The lowest BCUT2D eigenvalue weighted by molar-refractivity contribution is -0.125. The van der Waals surface area contributed by atoms with Crippen LogP contribution in [0.3, 0.4) is 0 Å². The zero-order valence-corrected chi connectivity index (χ0v) is 12.5. The highest BCUT2D eigenvalue weighted by atomic mass is 32.1. The van der Waals surface area contributed by atoms with Crippen molar-refractivity contribution in [2.75, 3.05) is 19.0 Å². The van der Waals surface area contributed by atoms with Gasteiger partial charge in [-0.25, -0.2) is 0 Å². The molecule has 108 valence electrons. The Labute approximate surface area is 122 Å². The molecule has 6 heteroatoms. The van der Waals surface area contributed by atoms with E-state index in [4.69, 9.17) is 10.5 Å². The van der Waals surface area contributed by atoms with Crippen LogP contribution in [-0.2, 0) is 22.4 Å². The largest absolute Gasteiger partial charge is 0.370 e. The number of carbonyl (C=O) groups is 1. The molecule has 1 aromatic rings. The van der Waals surface area contributed by atoms with E-state index in [-0.39, 0.29) is 12.5 Å². The molecule has 0 aliphatic heterocycles. The normalized spacial score (nSPS) is 19.0. The molecule has 0 saturated heterocycles. The summed E-state index contributed by atoms with van der Waals surface area (Å²) in [7, 11) is 1.45. The highest BCUT2D eigenvalue weighted by molar-refractivity contribution is 7.16. The van der Waals surface area contributed by atoms with Gasteiger partial charge in [-0.3, -0.25) is 4.79 Å². The molecule has 1 aliphatic rings. The molecule has 1 amide bonds. The van der Waals surface area contributed by atoms with Gasteiger partial charge >= 0.3 is 0 Å². The minimum Gasteiger partial charge on any atom is -0.370 e. The number of nitriles is 1. The van der Waals surface area contributed by atoms with Gasteiger partial charge in [-0.05, 0) is 30.7 Å². The number of amides is 1. The second-order valence-electron chi connectivity index (χ2n) is 5.12. The summed E-state index contributed by atoms with van der Waals surface area (Å²) in [6, 6.07) is 2.22. The summed E-state index contributed by atoms with van der Waals surface area (Å²) in [6.07, 6.45) is 2.31. The van der Waals surface area contributed by atoms with Crippen LogP contribution in [0.2, 0.25) is 0 Å². The van der Waals surface area contributed by atoms with E-state index in [1.54, 1.807) is 0 Å². The smallest absolute Gasteiger partial charge is 0.255 e. The average Bonchev–Trinajstić information content (AvgIpc) is 2.76. The molecule has 0 bridgehead atoms. The van der Waals surface area contributed by atoms with Gasteiger partial charge in [0, 0.05) is 18.5 Å². The number of fused-ring (bicyclic) bond motifs is 1. The number of nitrogens with two attached hydrogens (primary N) is 1. The predicted octanol–water partition coefficient (Wildman–Crippen LogP) is 1.66. The standard InChI is InChI=1S/C14H19N3O2S/c1-8-3-4-9-10(6-15)14(20-12(9)5-8)17-13(18)11(7-16)19-2/h8,11H,3-5,7,16H2,1-2H3,(H,17,18). The monoisotopic (exact) mass is 293 g/mol. The predicted molar refractivity (Wildman–Crippen MR) is 78.7 cm³/mol. The van der Waals surface area contributed by atoms with Crippen LogP contribution in [0.25, 0.3) is 0 Å². The molecule has 2 rings (SSSR count). The fourth-order valence-electron chi connectivity index (χ4n) is 2.46. The van der Waals surface area contributed by atoms with Gasteiger partial charge in [-0.15, -0.1) is 11.3 Å². The van der Waals surface area contributed by atoms with Crippen molar-refractivity contribution < 1.29 is 9.53 Å². The van der Waals surface area contributed by atoms with Crippen LogP contribution < -0.4 is 11.1 Å². The minimum absolute atomic E-state index is 0.117. The Balaban J connectivity index is 2.25. The highest BCUT2D eigenvalue weighted by Gasteiger charge is 2.26. The number of hydrogen-bond donors (Lipinski definition) is 2. The molecule has 2 unspecified atom stereocenters. The molecule has 20 heavy (non-hydrogen) atoms. The zero-order chi connectivity index (χ0) is 14.7. The van der Waals surface area contributed by atoms with Crippen molar-refractivity contribution >= 4 is 22.2 Å². The maximum Gasteiger partial charge on any atom is 0.255 e. The highest BCUT2D eigenvalue weighted by Crippen LogP contribution is 2.39. The van der Waals surface area contributed by atoms with Crippen molar-refractivity contribution in [3.8, 4) is 6.07 Å². The SMILES string of the molecule is COC(CN)C(=O)Nc1sc2c(c1C#N)CCC(C)C2. The maximum atomic E-state index is 12.0. The molecule has 2 atom stereocenters. The van der Waals surface area contributed by atoms with Crippen LogP contribution >= 0.6 is 11.3 Å². The number of ether oxygens (including phenoxy) is 1. The first-order chi connectivity index (χ1) is 9.60. The van der Waals surface area contributed by atoms with Crippen molar-refractivity contribution in [3.05, 3.63) is 16.0 Å². The Morgan fingerprint density at radius 2 is 2.45 bits per heavy atom. The molecule has 1 heterocycles. The summed E-state index contributed by atoms with van der Waals surface area (Å²) >= 11 is 1.51. The van der Waals surface area contributed by atoms with E-state index in [0.29, 0.717) is 16.5 Å². The van der Waals surface area contributed by atoms with E-state index < -0.39 is 6.10 Å². The van der Waals surface area contributed by atoms with E-state index in [1.165, 1.54) is 23.3 Å². The molecule has 5 nitrogen and oxygen atoms in total. The second kappa shape index (κ2) is 6.35. The summed E-state index contributed by atoms with van der Waals surface area (Å²) < 4.78 is 5.01. The number of hydrogen-bond acceptors (Lipinski definition) is 5. The molecule has 0 spiro atoms.